The normalized spacial score (nSPS) is 16.3. The number of nitrogens with zero attached hydrogens (tertiary/aromatic N) is 4. The van der Waals surface area contributed by atoms with E-state index in [1.165, 1.54) is 24.3 Å². The number of hydrogen-bond donors (Lipinski definition) is 0. The molecule has 0 spiro atoms. The van der Waals surface area contributed by atoms with Crippen molar-refractivity contribution < 1.29 is 19.2 Å². The third-order valence-corrected chi connectivity index (χ3v) is 3.76. The Labute approximate surface area is 134 Å². The molecule has 0 saturated heterocycles. The topological polar surface area (TPSA) is 99.5 Å². The second kappa shape index (κ2) is 4.92. The van der Waals surface area contributed by atoms with Gasteiger partial charge in [-0.15, -0.1) is 10.0 Å². The van der Waals surface area contributed by atoms with Crippen molar-refractivity contribution in [3.63, 3.8) is 0 Å². The highest BCUT2D eigenvalue weighted by molar-refractivity contribution is 6.22. The molecule has 0 aliphatic carbocycles. The van der Waals surface area contributed by atoms with Gasteiger partial charge in [0.15, 0.2) is 0 Å². The molecule has 116 valence electrons. The molecule has 0 saturated carbocycles. The van der Waals surface area contributed by atoms with E-state index >= 15 is 0 Å². The summed E-state index contributed by atoms with van der Waals surface area (Å²) >= 11 is 0. The third kappa shape index (κ3) is 1.80. The maximum absolute atomic E-state index is 12.2. The molecule has 0 radical (unpaired) electrons. The first kappa shape index (κ1) is 13.9. The van der Waals surface area contributed by atoms with Gasteiger partial charge in [-0.3, -0.25) is 19.2 Å². The van der Waals surface area contributed by atoms with Gasteiger partial charge in [-0.05, 0) is 34.7 Å². The average Bonchev–Trinajstić information content (AvgIpc) is 3.00. The number of hydrogen-bond acceptors (Lipinski definition) is 6. The molecule has 4 amide bonds. The Morgan fingerprint density at radius 2 is 0.750 bits per heavy atom. The van der Waals surface area contributed by atoms with Crippen LogP contribution < -0.4 is 0 Å². The van der Waals surface area contributed by atoms with Crippen LogP contribution in [0.1, 0.15) is 41.4 Å². The highest BCUT2D eigenvalue weighted by Gasteiger charge is 2.39. The molecule has 4 rings (SSSR count). The standard InChI is InChI=1S/C16H8N4O4/c21-13-9-5-1-2-6-10(9)14(22)19(13)17-18-20-15(23)11-7-3-4-8-12(11)16(20)24/h1-8H/b18-17-. The van der Waals surface area contributed by atoms with Gasteiger partial charge in [-0.2, -0.15) is 0 Å². The highest BCUT2D eigenvalue weighted by Crippen LogP contribution is 2.25. The van der Waals surface area contributed by atoms with Gasteiger partial charge in [0, 0.05) is 0 Å². The van der Waals surface area contributed by atoms with Crippen molar-refractivity contribution in [2.45, 2.75) is 0 Å². The minimum atomic E-state index is -0.657. The summed E-state index contributed by atoms with van der Waals surface area (Å²) in [5.74, 6) is -2.63. The van der Waals surface area contributed by atoms with Crippen molar-refractivity contribution in [3.05, 3.63) is 70.8 Å². The Morgan fingerprint density at radius 1 is 0.500 bits per heavy atom. The van der Waals surface area contributed by atoms with Gasteiger partial charge in [0.25, 0.3) is 23.6 Å². The van der Waals surface area contributed by atoms with Crippen LogP contribution in [0.2, 0.25) is 0 Å². The van der Waals surface area contributed by atoms with Crippen LogP contribution in [-0.2, 0) is 0 Å². The predicted molar refractivity (Wildman–Crippen MR) is 78.7 cm³/mol. The Bertz CT molecular complexity index is 819. The lowest BCUT2D eigenvalue weighted by Gasteiger charge is -2.07. The number of imide groups is 2. The number of carbonyl (C=O) groups excluding carboxylic acids is 4. The lowest BCUT2D eigenvalue weighted by Crippen LogP contribution is -2.27. The summed E-state index contributed by atoms with van der Waals surface area (Å²) < 4.78 is 0. The lowest BCUT2D eigenvalue weighted by atomic mass is 10.1. The summed E-state index contributed by atoms with van der Waals surface area (Å²) in [7, 11) is 0. The van der Waals surface area contributed by atoms with E-state index in [-0.39, 0.29) is 22.3 Å². The molecule has 0 fully saturated rings. The van der Waals surface area contributed by atoms with Gasteiger partial charge in [0.2, 0.25) is 0 Å². The zero-order valence-electron chi connectivity index (χ0n) is 12.0. The second-order valence-electron chi connectivity index (χ2n) is 5.11. The van der Waals surface area contributed by atoms with E-state index in [9.17, 15) is 19.2 Å². The van der Waals surface area contributed by atoms with E-state index in [0.717, 1.165) is 0 Å². The molecule has 2 aliphatic heterocycles. The molecule has 0 atom stereocenters. The fraction of sp³-hybridized carbons (Fsp3) is 0. The van der Waals surface area contributed by atoms with Crippen molar-refractivity contribution in [1.29, 1.82) is 0 Å². The van der Waals surface area contributed by atoms with Crippen LogP contribution in [0.4, 0.5) is 0 Å². The van der Waals surface area contributed by atoms with Crippen LogP contribution in [0, 0.1) is 0 Å². The second-order valence-corrected chi connectivity index (χ2v) is 5.11. The van der Waals surface area contributed by atoms with Gasteiger partial charge in [0.1, 0.15) is 0 Å². The maximum atomic E-state index is 12.2. The van der Waals surface area contributed by atoms with Crippen LogP contribution in [0.15, 0.2) is 59.0 Å². The van der Waals surface area contributed by atoms with Gasteiger partial charge in [0.05, 0.1) is 22.3 Å². The molecule has 0 aromatic heterocycles. The molecule has 2 aromatic rings. The van der Waals surface area contributed by atoms with E-state index in [1.807, 2.05) is 0 Å². The SMILES string of the molecule is O=C1c2ccccc2C(=O)N1/N=N\N1C(=O)c2ccccc2C1=O. The fourth-order valence-electron chi connectivity index (χ4n) is 2.60. The zero-order chi connectivity index (χ0) is 16.8. The molecule has 8 nitrogen and oxygen atoms in total. The Kier molecular flexibility index (Phi) is 2.86. The lowest BCUT2D eigenvalue weighted by molar-refractivity contribution is 0.0553. The third-order valence-electron chi connectivity index (χ3n) is 3.76. The predicted octanol–water partition coefficient (Wildman–Crippen LogP) is 1.86. The van der Waals surface area contributed by atoms with Crippen molar-refractivity contribution in [1.82, 2.24) is 10.0 Å². The van der Waals surface area contributed by atoms with E-state index < -0.39 is 23.6 Å². The van der Waals surface area contributed by atoms with Crippen LogP contribution in [0.25, 0.3) is 0 Å². The number of benzene rings is 2. The zero-order valence-corrected chi connectivity index (χ0v) is 12.0. The van der Waals surface area contributed by atoms with Crippen molar-refractivity contribution in [2.24, 2.45) is 10.4 Å². The summed E-state index contributed by atoms with van der Waals surface area (Å²) in [6.07, 6.45) is 0. The first-order chi connectivity index (χ1) is 11.6. The minimum Gasteiger partial charge on any atom is -0.267 e. The molecule has 2 aromatic carbocycles. The van der Waals surface area contributed by atoms with Gasteiger partial charge >= 0.3 is 0 Å². The largest absolute Gasteiger partial charge is 0.283 e. The summed E-state index contributed by atoms with van der Waals surface area (Å²) in [5, 5.41) is 8.09. The van der Waals surface area contributed by atoms with Crippen LogP contribution in [0.5, 0.6) is 0 Å². The Morgan fingerprint density at radius 3 is 1.00 bits per heavy atom. The fourth-order valence-corrected chi connectivity index (χ4v) is 2.60. The van der Waals surface area contributed by atoms with Gasteiger partial charge in [-0.25, -0.2) is 0 Å². The van der Waals surface area contributed by atoms with E-state index in [1.54, 1.807) is 24.3 Å². The number of fused-ring (bicyclic) bond motifs is 2. The van der Waals surface area contributed by atoms with Crippen molar-refractivity contribution >= 4 is 23.6 Å². The van der Waals surface area contributed by atoms with Crippen molar-refractivity contribution in [3.8, 4) is 0 Å². The molecular formula is C16H8N4O4. The molecule has 24 heavy (non-hydrogen) atoms. The first-order valence-corrected chi connectivity index (χ1v) is 6.97. The minimum absolute atomic E-state index is 0.198. The average molecular weight is 320 g/mol. The highest BCUT2D eigenvalue weighted by atomic mass is 16.2. The quantitative estimate of drug-likeness (QED) is 0.622. The van der Waals surface area contributed by atoms with E-state index in [0.29, 0.717) is 10.0 Å². The van der Waals surface area contributed by atoms with Gasteiger partial charge < -0.3 is 0 Å². The molecule has 0 unspecified atom stereocenters. The van der Waals surface area contributed by atoms with E-state index in [2.05, 4.69) is 10.4 Å². The number of amides is 4. The monoisotopic (exact) mass is 320 g/mol. The number of rotatable bonds is 2. The Hall–Kier alpha value is -3.68. The van der Waals surface area contributed by atoms with Crippen LogP contribution in [-0.4, -0.2) is 33.6 Å². The first-order valence-electron chi connectivity index (χ1n) is 6.97. The molecule has 0 bridgehead atoms. The van der Waals surface area contributed by atoms with Crippen molar-refractivity contribution in [2.75, 3.05) is 0 Å². The van der Waals surface area contributed by atoms with Crippen LogP contribution >= 0.6 is 0 Å². The summed E-state index contributed by atoms with van der Waals surface area (Å²) in [4.78, 5) is 48.6. The smallest absolute Gasteiger partial charge is 0.267 e. The summed E-state index contributed by atoms with van der Waals surface area (Å²) in [6.45, 7) is 0. The molecule has 8 heteroatoms. The number of carbonyl (C=O) groups is 4. The molecule has 2 aliphatic rings. The van der Waals surface area contributed by atoms with Crippen LogP contribution in [0.3, 0.4) is 0 Å². The molecule has 0 N–H and O–H groups in total. The van der Waals surface area contributed by atoms with Gasteiger partial charge in [-0.1, -0.05) is 24.3 Å². The Balaban J connectivity index is 1.64. The van der Waals surface area contributed by atoms with E-state index in [4.69, 9.17) is 0 Å². The molecule has 2 heterocycles. The summed E-state index contributed by atoms with van der Waals surface area (Å²) in [5.41, 5.74) is 0.792. The molecular weight excluding hydrogens is 312 g/mol. The summed E-state index contributed by atoms with van der Waals surface area (Å²) in [6, 6.07) is 12.5. The maximum Gasteiger partial charge on any atom is 0.283 e.